The lowest BCUT2D eigenvalue weighted by atomic mass is 9.96. The first-order chi connectivity index (χ1) is 13.3. The lowest BCUT2D eigenvalue weighted by Gasteiger charge is -2.18. The van der Waals surface area contributed by atoms with E-state index in [0.717, 1.165) is 11.1 Å². The molecular weight excluding hydrogens is 354 g/mol. The van der Waals surface area contributed by atoms with Gasteiger partial charge in [-0.1, -0.05) is 62.3 Å². The molecule has 2 atom stereocenters. The van der Waals surface area contributed by atoms with Crippen molar-refractivity contribution >= 4 is 5.91 Å². The number of hydrogen-bond donors (Lipinski definition) is 2. The number of aliphatic hydroxyl groups is 1. The van der Waals surface area contributed by atoms with Crippen LogP contribution in [0.2, 0.25) is 0 Å². The summed E-state index contributed by atoms with van der Waals surface area (Å²) < 4.78 is 5.42. The van der Waals surface area contributed by atoms with Gasteiger partial charge < -0.3 is 14.9 Å². The van der Waals surface area contributed by atoms with Crippen LogP contribution < -0.4 is 5.32 Å². The Hall–Kier alpha value is -2.99. The first-order valence-electron chi connectivity index (χ1n) is 9.35. The minimum Gasteiger partial charge on any atom is -0.390 e. The number of carbonyl (C=O) groups is 1. The molecule has 0 spiro atoms. The molecule has 0 saturated carbocycles. The van der Waals surface area contributed by atoms with E-state index < -0.39 is 12.1 Å². The van der Waals surface area contributed by atoms with Crippen molar-refractivity contribution in [2.24, 2.45) is 0 Å². The molecule has 3 aromatic rings. The van der Waals surface area contributed by atoms with Crippen LogP contribution in [-0.2, 0) is 11.8 Å². The molecule has 1 amide bonds. The van der Waals surface area contributed by atoms with Gasteiger partial charge in [-0.05, 0) is 23.3 Å². The second-order valence-electron chi connectivity index (χ2n) is 8.14. The Morgan fingerprint density at radius 1 is 1.14 bits per heavy atom. The van der Waals surface area contributed by atoms with E-state index in [1.807, 2.05) is 51.1 Å². The van der Waals surface area contributed by atoms with Crippen LogP contribution in [0.5, 0.6) is 0 Å². The SMILES string of the molecule is CC(C)(C)c1noc(-c2ccccc2C(=O)N[C@H]2c3ccccc3C[C@H]2O)n1. The zero-order valence-corrected chi connectivity index (χ0v) is 16.1. The van der Waals surface area contributed by atoms with Crippen LogP contribution in [0.25, 0.3) is 11.5 Å². The van der Waals surface area contributed by atoms with Gasteiger partial charge >= 0.3 is 0 Å². The fourth-order valence-corrected chi connectivity index (χ4v) is 3.47. The van der Waals surface area contributed by atoms with Gasteiger partial charge in [0.1, 0.15) is 0 Å². The van der Waals surface area contributed by atoms with Crippen molar-refractivity contribution in [2.75, 3.05) is 0 Å². The Morgan fingerprint density at radius 2 is 1.86 bits per heavy atom. The topological polar surface area (TPSA) is 88.2 Å². The summed E-state index contributed by atoms with van der Waals surface area (Å²) in [6.07, 6.45) is -0.120. The Bertz CT molecular complexity index is 1020. The molecule has 1 aromatic heterocycles. The smallest absolute Gasteiger partial charge is 0.258 e. The molecule has 1 heterocycles. The van der Waals surface area contributed by atoms with E-state index in [-0.39, 0.29) is 11.3 Å². The largest absolute Gasteiger partial charge is 0.390 e. The average molecular weight is 377 g/mol. The van der Waals surface area contributed by atoms with Crippen LogP contribution in [0, 0.1) is 0 Å². The van der Waals surface area contributed by atoms with Crippen molar-refractivity contribution in [2.45, 2.75) is 44.8 Å². The lowest BCUT2D eigenvalue weighted by Crippen LogP contribution is -2.34. The van der Waals surface area contributed by atoms with Crippen molar-refractivity contribution in [3.05, 3.63) is 71.0 Å². The summed E-state index contributed by atoms with van der Waals surface area (Å²) in [5.74, 6) is 0.604. The third-order valence-electron chi connectivity index (χ3n) is 4.99. The molecule has 0 aliphatic heterocycles. The van der Waals surface area contributed by atoms with Gasteiger partial charge in [-0.3, -0.25) is 4.79 Å². The number of nitrogens with zero attached hydrogens (tertiary/aromatic N) is 2. The van der Waals surface area contributed by atoms with E-state index >= 15 is 0 Å². The maximum absolute atomic E-state index is 13.0. The molecule has 28 heavy (non-hydrogen) atoms. The minimum atomic E-state index is -0.649. The summed E-state index contributed by atoms with van der Waals surface area (Å²) in [7, 11) is 0. The van der Waals surface area contributed by atoms with Crippen LogP contribution >= 0.6 is 0 Å². The molecule has 1 aliphatic carbocycles. The van der Waals surface area contributed by atoms with Crippen LogP contribution in [-0.4, -0.2) is 27.3 Å². The van der Waals surface area contributed by atoms with E-state index in [1.54, 1.807) is 18.2 Å². The molecule has 0 fully saturated rings. The Kier molecular flexibility index (Phi) is 4.51. The van der Waals surface area contributed by atoms with Crippen LogP contribution in [0.4, 0.5) is 0 Å². The number of nitrogens with one attached hydrogen (secondary N) is 1. The highest BCUT2D eigenvalue weighted by molar-refractivity contribution is 6.00. The van der Waals surface area contributed by atoms with Gasteiger partial charge in [-0.2, -0.15) is 4.98 Å². The number of rotatable bonds is 3. The lowest BCUT2D eigenvalue weighted by molar-refractivity contribution is 0.0858. The molecule has 2 aromatic carbocycles. The molecule has 6 heteroatoms. The molecular formula is C22H23N3O3. The summed E-state index contributed by atoms with van der Waals surface area (Å²) in [6.45, 7) is 6.00. The van der Waals surface area contributed by atoms with Gasteiger partial charge in [-0.15, -0.1) is 0 Å². The van der Waals surface area contributed by atoms with E-state index in [0.29, 0.717) is 29.3 Å². The van der Waals surface area contributed by atoms with Gasteiger partial charge in [0.15, 0.2) is 5.82 Å². The first-order valence-corrected chi connectivity index (χ1v) is 9.35. The second kappa shape index (κ2) is 6.87. The van der Waals surface area contributed by atoms with E-state index in [2.05, 4.69) is 15.5 Å². The molecule has 2 N–H and O–H groups in total. The van der Waals surface area contributed by atoms with Crippen LogP contribution in [0.3, 0.4) is 0 Å². The summed E-state index contributed by atoms with van der Waals surface area (Å²) in [6, 6.07) is 14.5. The summed E-state index contributed by atoms with van der Waals surface area (Å²) >= 11 is 0. The zero-order chi connectivity index (χ0) is 19.9. The predicted molar refractivity (Wildman–Crippen MR) is 105 cm³/mol. The van der Waals surface area contributed by atoms with Crippen molar-refractivity contribution in [3.8, 4) is 11.5 Å². The van der Waals surface area contributed by atoms with Gasteiger partial charge in [0.25, 0.3) is 11.8 Å². The molecule has 0 saturated heterocycles. The quantitative estimate of drug-likeness (QED) is 0.730. The third-order valence-corrected chi connectivity index (χ3v) is 4.99. The third kappa shape index (κ3) is 3.31. The summed E-state index contributed by atoms with van der Waals surface area (Å²) in [5, 5.41) is 17.5. The summed E-state index contributed by atoms with van der Waals surface area (Å²) in [4.78, 5) is 17.5. The Labute approximate surface area is 163 Å². The second-order valence-corrected chi connectivity index (χ2v) is 8.14. The Morgan fingerprint density at radius 3 is 2.61 bits per heavy atom. The normalized spacial score (nSPS) is 18.7. The first kappa shape index (κ1) is 18.4. The standard InChI is InChI=1S/C22H23N3O3/c1-22(2,3)21-24-20(28-25-21)16-11-7-6-10-15(16)19(27)23-18-14-9-5-4-8-13(14)12-17(18)26/h4-11,17-18,26H,12H2,1-3H3,(H,23,27)/t17-,18+/m1/s1. The average Bonchev–Trinajstić information content (AvgIpc) is 3.27. The summed E-state index contributed by atoms with van der Waals surface area (Å²) in [5.41, 5.74) is 2.76. The van der Waals surface area contributed by atoms with E-state index in [4.69, 9.17) is 4.52 Å². The monoisotopic (exact) mass is 377 g/mol. The molecule has 0 bridgehead atoms. The van der Waals surface area contributed by atoms with Gasteiger partial charge in [0, 0.05) is 11.8 Å². The molecule has 4 rings (SSSR count). The highest BCUT2D eigenvalue weighted by atomic mass is 16.5. The molecule has 1 aliphatic rings. The van der Waals surface area contributed by atoms with E-state index in [9.17, 15) is 9.90 Å². The molecule has 0 radical (unpaired) electrons. The number of aliphatic hydroxyl groups excluding tert-OH is 1. The fourth-order valence-electron chi connectivity index (χ4n) is 3.47. The number of amides is 1. The molecule has 144 valence electrons. The highest BCUT2D eigenvalue weighted by Crippen LogP contribution is 2.32. The van der Waals surface area contributed by atoms with Crippen LogP contribution in [0.1, 0.15) is 54.1 Å². The number of aromatic nitrogens is 2. The number of benzene rings is 2. The maximum Gasteiger partial charge on any atom is 0.258 e. The van der Waals surface area contributed by atoms with Crippen molar-refractivity contribution in [1.82, 2.24) is 15.5 Å². The van der Waals surface area contributed by atoms with Crippen LogP contribution in [0.15, 0.2) is 53.1 Å². The Balaban J connectivity index is 1.64. The fraction of sp³-hybridized carbons (Fsp3) is 0.318. The van der Waals surface area contributed by atoms with Gasteiger partial charge in [0.2, 0.25) is 0 Å². The maximum atomic E-state index is 13.0. The number of carbonyl (C=O) groups excluding carboxylic acids is 1. The zero-order valence-electron chi connectivity index (χ0n) is 16.1. The van der Waals surface area contributed by atoms with Crippen molar-refractivity contribution < 1.29 is 14.4 Å². The van der Waals surface area contributed by atoms with Crippen molar-refractivity contribution in [3.63, 3.8) is 0 Å². The molecule has 0 unspecified atom stereocenters. The minimum absolute atomic E-state index is 0.253. The van der Waals surface area contributed by atoms with Crippen molar-refractivity contribution in [1.29, 1.82) is 0 Å². The van der Waals surface area contributed by atoms with E-state index in [1.165, 1.54) is 0 Å². The van der Waals surface area contributed by atoms with Gasteiger partial charge in [-0.25, -0.2) is 0 Å². The number of fused-ring (bicyclic) bond motifs is 1. The number of hydrogen-bond acceptors (Lipinski definition) is 5. The molecule has 6 nitrogen and oxygen atoms in total. The van der Waals surface area contributed by atoms with Gasteiger partial charge in [0.05, 0.1) is 23.3 Å². The predicted octanol–water partition coefficient (Wildman–Crippen LogP) is 3.42. The highest BCUT2D eigenvalue weighted by Gasteiger charge is 2.33.